The Morgan fingerprint density at radius 1 is 1.15 bits per heavy atom. The van der Waals surface area contributed by atoms with Crippen LogP contribution in [0.15, 0.2) is 18.2 Å². The van der Waals surface area contributed by atoms with Gasteiger partial charge in [0.05, 0.1) is 33.6 Å². The summed E-state index contributed by atoms with van der Waals surface area (Å²) in [5.74, 6) is 1.23. The van der Waals surface area contributed by atoms with Gasteiger partial charge in [0.15, 0.2) is 0 Å². The van der Waals surface area contributed by atoms with Crippen LogP contribution in [0.2, 0.25) is 0 Å². The fourth-order valence-corrected chi connectivity index (χ4v) is 4.41. The summed E-state index contributed by atoms with van der Waals surface area (Å²) in [7, 11) is 4.53. The van der Waals surface area contributed by atoms with Gasteiger partial charge in [0, 0.05) is 12.1 Å². The maximum Gasteiger partial charge on any atom is 0.323 e. The minimum atomic E-state index is -0.341. The molecule has 2 fully saturated rings. The second-order valence-corrected chi connectivity index (χ2v) is 7.17. The monoisotopic (exact) mass is 376 g/mol. The summed E-state index contributed by atoms with van der Waals surface area (Å²) in [4.78, 5) is 27.0. The van der Waals surface area contributed by atoms with Crippen LogP contribution < -0.4 is 14.8 Å². The van der Waals surface area contributed by atoms with E-state index >= 15 is 0 Å². The summed E-state index contributed by atoms with van der Waals surface area (Å²) < 4.78 is 15.5. The average Bonchev–Trinajstić information content (AvgIpc) is 3.06. The zero-order valence-corrected chi connectivity index (χ0v) is 16.2. The molecule has 27 heavy (non-hydrogen) atoms. The molecule has 3 atom stereocenters. The van der Waals surface area contributed by atoms with E-state index in [2.05, 4.69) is 5.32 Å². The standard InChI is InChI=1S/C20H28N2O5/c1-25-14-8-9-15(18(11-14)26-2)21-19(23)12-22-16-7-5-4-6-13(16)10-17(22)20(24)27-3/h8-9,11,13,16-17H,4-7,10,12H2,1-3H3,(H,21,23)/t13-,16+,17+/m1/s1. The number of rotatable bonds is 6. The van der Waals surface area contributed by atoms with E-state index in [9.17, 15) is 9.59 Å². The molecule has 1 saturated carbocycles. The number of fused-ring (bicyclic) bond motifs is 1. The largest absolute Gasteiger partial charge is 0.497 e. The fourth-order valence-electron chi connectivity index (χ4n) is 4.41. The number of carbonyl (C=O) groups excluding carboxylic acids is 2. The minimum Gasteiger partial charge on any atom is -0.497 e. The summed E-state index contributed by atoms with van der Waals surface area (Å²) in [5, 5.41) is 2.90. The maximum absolute atomic E-state index is 12.7. The highest BCUT2D eigenvalue weighted by Crippen LogP contribution is 2.40. The van der Waals surface area contributed by atoms with Crippen molar-refractivity contribution in [3.63, 3.8) is 0 Å². The van der Waals surface area contributed by atoms with Gasteiger partial charge >= 0.3 is 5.97 Å². The van der Waals surface area contributed by atoms with Crippen molar-refractivity contribution in [2.45, 2.75) is 44.2 Å². The number of methoxy groups -OCH3 is 3. The van der Waals surface area contributed by atoms with Crippen molar-refractivity contribution in [3.8, 4) is 11.5 Å². The van der Waals surface area contributed by atoms with Crippen molar-refractivity contribution >= 4 is 17.6 Å². The third-order valence-corrected chi connectivity index (χ3v) is 5.70. The highest BCUT2D eigenvalue weighted by Gasteiger charge is 2.46. The van der Waals surface area contributed by atoms with Crippen molar-refractivity contribution in [1.82, 2.24) is 4.90 Å². The number of likely N-dealkylation sites (tertiary alicyclic amines) is 1. The van der Waals surface area contributed by atoms with Gasteiger partial charge < -0.3 is 19.5 Å². The van der Waals surface area contributed by atoms with Crippen LogP contribution in [0, 0.1) is 5.92 Å². The summed E-state index contributed by atoms with van der Waals surface area (Å²) >= 11 is 0. The van der Waals surface area contributed by atoms with Crippen LogP contribution in [0.3, 0.4) is 0 Å². The Bertz CT molecular complexity index is 693. The first kappa shape index (κ1) is 19.5. The quantitative estimate of drug-likeness (QED) is 0.769. The van der Waals surface area contributed by atoms with E-state index in [0.29, 0.717) is 23.1 Å². The molecule has 148 valence electrons. The Hall–Kier alpha value is -2.28. The normalized spacial score (nSPS) is 24.8. The van der Waals surface area contributed by atoms with Gasteiger partial charge in [0.2, 0.25) is 5.91 Å². The van der Waals surface area contributed by atoms with Crippen LogP contribution in [-0.4, -0.2) is 56.7 Å². The average molecular weight is 376 g/mol. The Balaban J connectivity index is 1.72. The van der Waals surface area contributed by atoms with Gasteiger partial charge in [-0.3, -0.25) is 14.5 Å². The molecule has 1 aromatic carbocycles. The van der Waals surface area contributed by atoms with Gasteiger partial charge in [-0.1, -0.05) is 12.8 Å². The Labute approximate surface area is 160 Å². The van der Waals surface area contributed by atoms with Gasteiger partial charge in [0.25, 0.3) is 0 Å². The van der Waals surface area contributed by atoms with E-state index in [1.54, 1.807) is 32.4 Å². The van der Waals surface area contributed by atoms with Gasteiger partial charge in [0.1, 0.15) is 17.5 Å². The summed E-state index contributed by atoms with van der Waals surface area (Å²) in [6, 6.07) is 5.17. The molecule has 2 aliphatic rings. The molecule has 0 aromatic heterocycles. The Morgan fingerprint density at radius 2 is 1.93 bits per heavy atom. The molecule has 1 aliphatic carbocycles. The maximum atomic E-state index is 12.7. The number of hydrogen-bond acceptors (Lipinski definition) is 6. The van der Waals surface area contributed by atoms with E-state index in [1.165, 1.54) is 13.5 Å². The Morgan fingerprint density at radius 3 is 2.63 bits per heavy atom. The Kier molecular flexibility index (Phi) is 6.21. The van der Waals surface area contributed by atoms with Gasteiger partial charge in [-0.25, -0.2) is 0 Å². The molecule has 0 unspecified atom stereocenters. The zero-order chi connectivity index (χ0) is 19.4. The van der Waals surface area contributed by atoms with E-state index in [4.69, 9.17) is 14.2 Å². The molecule has 1 aromatic rings. The molecule has 0 spiro atoms. The number of ether oxygens (including phenoxy) is 3. The molecule has 3 rings (SSSR count). The first-order chi connectivity index (χ1) is 13.1. The van der Waals surface area contributed by atoms with Crippen LogP contribution in [0.25, 0.3) is 0 Å². The third-order valence-electron chi connectivity index (χ3n) is 5.70. The predicted octanol–water partition coefficient (Wildman–Crippen LogP) is 2.45. The topological polar surface area (TPSA) is 77.1 Å². The molecular weight excluding hydrogens is 348 g/mol. The highest BCUT2D eigenvalue weighted by molar-refractivity contribution is 5.94. The number of amides is 1. The highest BCUT2D eigenvalue weighted by atomic mass is 16.5. The molecule has 1 heterocycles. The van der Waals surface area contributed by atoms with Crippen LogP contribution >= 0.6 is 0 Å². The van der Waals surface area contributed by atoms with E-state index < -0.39 is 0 Å². The molecule has 7 heteroatoms. The second kappa shape index (κ2) is 8.61. The van der Waals surface area contributed by atoms with Gasteiger partial charge in [-0.2, -0.15) is 0 Å². The molecule has 1 saturated heterocycles. The number of anilines is 1. The summed E-state index contributed by atoms with van der Waals surface area (Å²) in [6.07, 6.45) is 5.24. The van der Waals surface area contributed by atoms with Crippen molar-refractivity contribution < 1.29 is 23.8 Å². The molecule has 1 aliphatic heterocycles. The van der Waals surface area contributed by atoms with Crippen molar-refractivity contribution in [1.29, 1.82) is 0 Å². The van der Waals surface area contributed by atoms with Crippen LogP contribution in [0.5, 0.6) is 11.5 Å². The van der Waals surface area contributed by atoms with Crippen LogP contribution in [-0.2, 0) is 14.3 Å². The minimum absolute atomic E-state index is 0.163. The van der Waals surface area contributed by atoms with Crippen LogP contribution in [0.1, 0.15) is 32.1 Å². The SMILES string of the molecule is COC(=O)[C@@H]1C[C@H]2CCCC[C@@H]2N1CC(=O)Nc1ccc(OC)cc1OC. The number of esters is 1. The lowest BCUT2D eigenvalue weighted by molar-refractivity contribution is -0.146. The number of carbonyl (C=O) groups is 2. The van der Waals surface area contributed by atoms with E-state index in [1.807, 2.05) is 4.90 Å². The number of hydrogen-bond donors (Lipinski definition) is 1. The van der Waals surface area contributed by atoms with Gasteiger partial charge in [-0.15, -0.1) is 0 Å². The zero-order valence-electron chi connectivity index (χ0n) is 16.2. The lowest BCUT2D eigenvalue weighted by Gasteiger charge is -2.32. The van der Waals surface area contributed by atoms with Crippen molar-refractivity contribution in [2.75, 3.05) is 33.2 Å². The first-order valence-electron chi connectivity index (χ1n) is 9.42. The summed E-state index contributed by atoms with van der Waals surface area (Å²) in [5.41, 5.74) is 0.581. The van der Waals surface area contributed by atoms with E-state index in [0.717, 1.165) is 25.7 Å². The van der Waals surface area contributed by atoms with Crippen molar-refractivity contribution in [2.24, 2.45) is 5.92 Å². The number of nitrogens with one attached hydrogen (secondary N) is 1. The smallest absolute Gasteiger partial charge is 0.323 e. The third kappa shape index (κ3) is 4.18. The lowest BCUT2D eigenvalue weighted by atomic mass is 9.85. The number of benzene rings is 1. The molecule has 0 radical (unpaired) electrons. The van der Waals surface area contributed by atoms with Gasteiger partial charge in [-0.05, 0) is 37.3 Å². The predicted molar refractivity (Wildman–Crippen MR) is 101 cm³/mol. The van der Waals surface area contributed by atoms with Crippen molar-refractivity contribution in [3.05, 3.63) is 18.2 Å². The summed E-state index contributed by atoms with van der Waals surface area (Å²) in [6.45, 7) is 0.163. The molecule has 1 N–H and O–H groups in total. The molecule has 7 nitrogen and oxygen atoms in total. The second-order valence-electron chi connectivity index (χ2n) is 7.17. The molecule has 1 amide bonds. The molecule has 0 bridgehead atoms. The first-order valence-corrected chi connectivity index (χ1v) is 9.42. The van der Waals surface area contributed by atoms with Crippen LogP contribution in [0.4, 0.5) is 5.69 Å². The fraction of sp³-hybridized carbons (Fsp3) is 0.600. The van der Waals surface area contributed by atoms with E-state index in [-0.39, 0.29) is 30.5 Å². The molecular formula is C20H28N2O5. The number of nitrogens with zero attached hydrogens (tertiary/aromatic N) is 1. The lowest BCUT2D eigenvalue weighted by Crippen LogP contribution is -2.46.